The van der Waals surface area contributed by atoms with Crippen LogP contribution >= 0.6 is 15.9 Å². The van der Waals surface area contributed by atoms with Crippen molar-refractivity contribution in [1.82, 2.24) is 19.7 Å². The molecule has 0 aliphatic heterocycles. The maximum atomic E-state index is 12.1. The lowest BCUT2D eigenvalue weighted by atomic mass is 10.2. The first-order valence-electron chi connectivity index (χ1n) is 8.90. The molecule has 0 saturated carbocycles. The molecule has 26 heavy (non-hydrogen) atoms. The molecule has 0 fully saturated rings. The van der Waals surface area contributed by atoms with Crippen LogP contribution < -0.4 is 5.56 Å². The monoisotopic (exact) mass is 422 g/mol. The Hall–Kier alpha value is -1.99. The summed E-state index contributed by atoms with van der Waals surface area (Å²) < 4.78 is 7.83. The van der Waals surface area contributed by atoms with Crippen LogP contribution in [0.3, 0.4) is 0 Å². The van der Waals surface area contributed by atoms with Gasteiger partial charge in [-0.15, -0.1) is 0 Å². The Morgan fingerprint density at radius 3 is 2.46 bits per heavy atom. The Morgan fingerprint density at radius 1 is 1.15 bits per heavy atom. The highest BCUT2D eigenvalue weighted by molar-refractivity contribution is 9.10. The molecule has 0 unspecified atom stereocenters. The van der Waals surface area contributed by atoms with E-state index in [0.717, 1.165) is 5.56 Å². The number of H-pyrrole nitrogens is 1. The fourth-order valence-corrected chi connectivity index (χ4v) is 2.71. The fraction of sp³-hybridized carbons (Fsp3) is 0.421. The summed E-state index contributed by atoms with van der Waals surface area (Å²) in [6, 6.07) is 9.95. The first-order chi connectivity index (χ1) is 12.6. The van der Waals surface area contributed by atoms with Gasteiger partial charge in [0.15, 0.2) is 10.1 Å². The number of aromatic nitrogens is 4. The van der Waals surface area contributed by atoms with Crippen molar-refractivity contribution in [3.05, 3.63) is 56.7 Å². The van der Waals surface area contributed by atoms with Gasteiger partial charge in [-0.25, -0.2) is 4.98 Å². The lowest BCUT2D eigenvalue weighted by molar-refractivity contribution is 0.111. The van der Waals surface area contributed by atoms with Crippen molar-refractivity contribution in [2.45, 2.75) is 47.8 Å². The molecule has 0 saturated heterocycles. The van der Waals surface area contributed by atoms with Crippen molar-refractivity contribution in [1.29, 1.82) is 0 Å². The van der Waals surface area contributed by atoms with Gasteiger partial charge in [-0.05, 0) is 28.4 Å². The molecule has 0 bridgehead atoms. The smallest absolute Gasteiger partial charge is 0.277 e. The number of benzene rings is 1. The summed E-state index contributed by atoms with van der Waals surface area (Å²) in [6.45, 7) is 11.2. The van der Waals surface area contributed by atoms with E-state index in [1.807, 2.05) is 58.0 Å². The zero-order valence-electron chi connectivity index (χ0n) is 16.0. The van der Waals surface area contributed by atoms with Crippen LogP contribution in [0.5, 0.6) is 0 Å². The predicted octanol–water partition coefficient (Wildman–Crippen LogP) is 4.46. The average Bonchev–Trinajstić information content (AvgIpc) is 2.99. The predicted molar refractivity (Wildman–Crippen MR) is 109 cm³/mol. The number of aryl methyl sites for hydroxylation is 1. The van der Waals surface area contributed by atoms with Gasteiger partial charge in [-0.2, -0.15) is 5.10 Å². The molecule has 6 nitrogen and oxygen atoms in total. The van der Waals surface area contributed by atoms with Crippen LogP contribution in [0, 0.1) is 6.92 Å². The highest BCUT2D eigenvalue weighted by atomic mass is 79.9. The van der Waals surface area contributed by atoms with E-state index in [2.05, 4.69) is 31.0 Å². The van der Waals surface area contributed by atoms with Gasteiger partial charge >= 0.3 is 0 Å². The van der Waals surface area contributed by atoms with Crippen LogP contribution in [0.4, 0.5) is 0 Å². The largest absolute Gasteiger partial charge is 0.375 e. The molecule has 1 aromatic carbocycles. The van der Waals surface area contributed by atoms with E-state index < -0.39 is 0 Å². The highest BCUT2D eigenvalue weighted by Crippen LogP contribution is 2.18. The molecule has 0 aliphatic carbocycles. The number of fused-ring (bicyclic) bond motifs is 1. The van der Waals surface area contributed by atoms with Crippen molar-refractivity contribution >= 4 is 27.0 Å². The van der Waals surface area contributed by atoms with Crippen LogP contribution in [-0.2, 0) is 17.9 Å². The summed E-state index contributed by atoms with van der Waals surface area (Å²) in [5, 5.41) is 4.31. The van der Waals surface area contributed by atoms with Crippen molar-refractivity contribution in [3.63, 3.8) is 0 Å². The van der Waals surface area contributed by atoms with Gasteiger partial charge in [0.1, 0.15) is 11.3 Å². The first kappa shape index (κ1) is 22.1. The van der Waals surface area contributed by atoms with Gasteiger partial charge in [0.25, 0.3) is 5.56 Å². The van der Waals surface area contributed by atoms with E-state index in [1.165, 1.54) is 0 Å². The zero-order chi connectivity index (χ0) is 19.5. The molecular weight excluding hydrogens is 396 g/mol. The molecule has 2 heterocycles. The van der Waals surface area contributed by atoms with E-state index in [9.17, 15) is 4.79 Å². The molecule has 2 aromatic heterocycles. The van der Waals surface area contributed by atoms with Crippen LogP contribution in [0.2, 0.25) is 0 Å². The van der Waals surface area contributed by atoms with Gasteiger partial charge in [0.2, 0.25) is 0 Å². The molecule has 3 aromatic rings. The number of hydrogen-bond donors (Lipinski definition) is 1. The lowest BCUT2D eigenvalue weighted by Crippen LogP contribution is -2.16. The lowest BCUT2D eigenvalue weighted by Gasteiger charge is -2.05. The third-order valence-corrected chi connectivity index (χ3v) is 3.77. The Morgan fingerprint density at radius 2 is 1.81 bits per heavy atom. The molecule has 0 aliphatic rings. The van der Waals surface area contributed by atoms with E-state index in [1.54, 1.807) is 11.6 Å². The highest BCUT2D eigenvalue weighted by Gasteiger charge is 2.13. The molecule has 0 atom stereocenters. The van der Waals surface area contributed by atoms with E-state index in [4.69, 9.17) is 4.74 Å². The Balaban J connectivity index is 0.000000791. The molecule has 0 radical (unpaired) electrons. The maximum absolute atomic E-state index is 12.1. The summed E-state index contributed by atoms with van der Waals surface area (Å²) in [5.41, 5.74) is 1.96. The van der Waals surface area contributed by atoms with Gasteiger partial charge in [-0.1, -0.05) is 58.0 Å². The third-order valence-electron chi connectivity index (χ3n) is 3.23. The molecule has 0 amide bonds. The fourth-order valence-electron chi connectivity index (χ4n) is 2.24. The molecular formula is C19H27BrN4O2. The Bertz CT molecular complexity index is 844. The van der Waals surface area contributed by atoms with Crippen molar-refractivity contribution in [2.24, 2.45) is 0 Å². The molecule has 0 spiro atoms. The standard InChI is InChI=1S/C15H15BrN4O2.2C2H6/c1-10-17-12-13(15(21)18-10)20(19-14(12)16)7-8-22-9-11-5-3-2-4-6-11;2*1-2/h2-6H,7-9H2,1H3,(H,17,18,21);2*1-2H3. The topological polar surface area (TPSA) is 72.8 Å². The minimum atomic E-state index is -0.191. The van der Waals surface area contributed by atoms with Gasteiger partial charge in [0, 0.05) is 0 Å². The quantitative estimate of drug-likeness (QED) is 0.615. The van der Waals surface area contributed by atoms with E-state index >= 15 is 0 Å². The number of hydrogen-bond acceptors (Lipinski definition) is 4. The van der Waals surface area contributed by atoms with E-state index in [0.29, 0.717) is 41.2 Å². The normalized spacial score (nSPS) is 9.92. The van der Waals surface area contributed by atoms with Crippen LogP contribution in [0.1, 0.15) is 39.1 Å². The second kappa shape index (κ2) is 11.6. The van der Waals surface area contributed by atoms with Crippen molar-refractivity contribution in [3.8, 4) is 0 Å². The number of nitrogens with one attached hydrogen (secondary N) is 1. The number of halogens is 1. The van der Waals surface area contributed by atoms with Gasteiger partial charge in [0.05, 0.1) is 19.8 Å². The number of rotatable bonds is 5. The SMILES string of the molecule is CC.CC.Cc1nc2c(Br)nn(CCOCc3ccccc3)c2c(=O)[nH]1. The van der Waals surface area contributed by atoms with Crippen molar-refractivity contribution in [2.75, 3.05) is 6.61 Å². The van der Waals surface area contributed by atoms with E-state index in [-0.39, 0.29) is 5.56 Å². The number of aromatic amines is 1. The summed E-state index contributed by atoms with van der Waals surface area (Å²) in [4.78, 5) is 19.1. The zero-order valence-corrected chi connectivity index (χ0v) is 17.6. The number of ether oxygens (including phenoxy) is 1. The summed E-state index contributed by atoms with van der Waals surface area (Å²) >= 11 is 3.34. The minimum absolute atomic E-state index is 0.191. The second-order valence-corrected chi connectivity index (χ2v) is 5.65. The van der Waals surface area contributed by atoms with Crippen LogP contribution in [-0.4, -0.2) is 26.4 Å². The molecule has 7 heteroatoms. The van der Waals surface area contributed by atoms with Gasteiger partial charge < -0.3 is 9.72 Å². The Labute approximate surface area is 162 Å². The second-order valence-electron chi connectivity index (χ2n) is 4.90. The van der Waals surface area contributed by atoms with Crippen LogP contribution in [0.25, 0.3) is 11.0 Å². The maximum Gasteiger partial charge on any atom is 0.277 e. The average molecular weight is 423 g/mol. The summed E-state index contributed by atoms with van der Waals surface area (Å²) in [7, 11) is 0. The summed E-state index contributed by atoms with van der Waals surface area (Å²) in [5.74, 6) is 0.568. The van der Waals surface area contributed by atoms with Gasteiger partial charge in [-0.3, -0.25) is 9.48 Å². The minimum Gasteiger partial charge on any atom is -0.375 e. The summed E-state index contributed by atoms with van der Waals surface area (Å²) in [6.07, 6.45) is 0. The first-order valence-corrected chi connectivity index (χ1v) is 9.69. The molecule has 142 valence electrons. The van der Waals surface area contributed by atoms with Crippen LogP contribution in [0.15, 0.2) is 39.7 Å². The molecule has 1 N–H and O–H groups in total. The molecule has 3 rings (SSSR count). The number of nitrogens with zero attached hydrogens (tertiary/aromatic N) is 3. The Kier molecular flexibility index (Phi) is 9.83. The van der Waals surface area contributed by atoms with Crippen molar-refractivity contribution < 1.29 is 4.74 Å². The third kappa shape index (κ3) is 5.78.